The number of nitrogens with zero attached hydrogens (tertiary/aromatic N) is 1. The molecule has 0 radical (unpaired) electrons. The molecule has 0 amide bonds. The zero-order valence-corrected chi connectivity index (χ0v) is 11.1. The lowest BCUT2D eigenvalue weighted by Gasteiger charge is -2.24. The third kappa shape index (κ3) is 2.48. The van der Waals surface area contributed by atoms with E-state index in [-0.39, 0.29) is 5.84 Å². The summed E-state index contributed by atoms with van der Waals surface area (Å²) in [5.41, 5.74) is 8.81. The first-order valence-electron chi connectivity index (χ1n) is 6.31. The minimum Gasteiger partial charge on any atom is -0.384 e. The number of para-hydroxylation sites is 1. The van der Waals surface area contributed by atoms with E-state index in [1.54, 1.807) is 7.11 Å². The second kappa shape index (κ2) is 5.40. The first-order valence-corrected chi connectivity index (χ1v) is 6.31. The lowest BCUT2D eigenvalue weighted by molar-refractivity contribution is 0.161. The van der Waals surface area contributed by atoms with Crippen molar-refractivity contribution >= 4 is 11.5 Å². The van der Waals surface area contributed by atoms with Crippen molar-refractivity contribution < 1.29 is 4.74 Å². The molecule has 1 atom stereocenters. The van der Waals surface area contributed by atoms with Crippen LogP contribution in [0.15, 0.2) is 18.2 Å². The molecule has 1 aromatic carbocycles. The van der Waals surface area contributed by atoms with E-state index in [4.69, 9.17) is 15.9 Å². The maximum absolute atomic E-state index is 7.69. The lowest BCUT2D eigenvalue weighted by atomic mass is 10.1. The number of rotatable bonds is 4. The van der Waals surface area contributed by atoms with Gasteiger partial charge in [-0.15, -0.1) is 0 Å². The highest BCUT2D eigenvalue weighted by molar-refractivity contribution is 6.01. The van der Waals surface area contributed by atoms with Crippen LogP contribution in [0.25, 0.3) is 0 Å². The Bertz CT molecular complexity index is 445. The third-order valence-electron chi connectivity index (χ3n) is 3.53. The van der Waals surface area contributed by atoms with Crippen molar-refractivity contribution in [2.45, 2.75) is 13.3 Å². The van der Waals surface area contributed by atoms with E-state index in [2.05, 4.69) is 17.9 Å². The van der Waals surface area contributed by atoms with Gasteiger partial charge in [0.25, 0.3) is 0 Å². The largest absolute Gasteiger partial charge is 0.384 e. The minimum absolute atomic E-state index is 0.142. The van der Waals surface area contributed by atoms with E-state index in [0.29, 0.717) is 5.92 Å². The van der Waals surface area contributed by atoms with Gasteiger partial charge in [-0.1, -0.05) is 12.1 Å². The second-order valence-corrected chi connectivity index (χ2v) is 4.94. The highest BCUT2D eigenvalue weighted by Crippen LogP contribution is 2.30. The number of hydrogen-bond acceptors (Lipinski definition) is 3. The van der Waals surface area contributed by atoms with Gasteiger partial charge in [-0.25, -0.2) is 0 Å². The average Bonchev–Trinajstić information content (AvgIpc) is 2.77. The lowest BCUT2D eigenvalue weighted by Crippen LogP contribution is -2.25. The number of methoxy groups -OCH3 is 1. The van der Waals surface area contributed by atoms with Crippen LogP contribution in [-0.2, 0) is 4.74 Å². The Hall–Kier alpha value is -1.55. The molecule has 1 fully saturated rings. The molecule has 3 N–H and O–H groups in total. The Morgan fingerprint density at radius 1 is 1.56 bits per heavy atom. The van der Waals surface area contributed by atoms with Crippen LogP contribution in [0.2, 0.25) is 0 Å². The van der Waals surface area contributed by atoms with Crippen molar-refractivity contribution in [3.05, 3.63) is 29.3 Å². The molecule has 4 heteroatoms. The Morgan fingerprint density at radius 2 is 2.33 bits per heavy atom. The van der Waals surface area contributed by atoms with E-state index in [1.807, 2.05) is 12.1 Å². The monoisotopic (exact) mass is 247 g/mol. The van der Waals surface area contributed by atoms with Crippen LogP contribution >= 0.6 is 0 Å². The fraction of sp³-hybridized carbons (Fsp3) is 0.500. The van der Waals surface area contributed by atoms with Crippen LogP contribution in [0, 0.1) is 18.3 Å². The van der Waals surface area contributed by atoms with E-state index >= 15 is 0 Å². The summed E-state index contributed by atoms with van der Waals surface area (Å²) < 4.78 is 5.22. The summed E-state index contributed by atoms with van der Waals surface area (Å²) in [6.07, 6.45) is 1.14. The Morgan fingerprint density at radius 3 is 3.00 bits per heavy atom. The van der Waals surface area contributed by atoms with Gasteiger partial charge in [0.2, 0.25) is 0 Å². The number of ether oxygens (including phenoxy) is 1. The van der Waals surface area contributed by atoms with E-state index < -0.39 is 0 Å². The molecule has 2 rings (SSSR count). The Labute approximate surface area is 108 Å². The first-order chi connectivity index (χ1) is 8.63. The normalized spacial score (nSPS) is 19.2. The predicted molar refractivity (Wildman–Crippen MR) is 74.4 cm³/mol. The molecule has 1 unspecified atom stereocenters. The van der Waals surface area contributed by atoms with Crippen molar-refractivity contribution in [2.24, 2.45) is 11.7 Å². The molecule has 1 heterocycles. The minimum atomic E-state index is 0.142. The molecule has 0 saturated carbocycles. The van der Waals surface area contributed by atoms with Crippen molar-refractivity contribution in [3.8, 4) is 0 Å². The molecule has 1 aliphatic rings. The van der Waals surface area contributed by atoms with Crippen molar-refractivity contribution in [1.29, 1.82) is 5.41 Å². The van der Waals surface area contributed by atoms with Gasteiger partial charge in [-0.05, 0) is 25.0 Å². The molecular formula is C14H21N3O. The second-order valence-electron chi connectivity index (χ2n) is 4.94. The van der Waals surface area contributed by atoms with Gasteiger partial charge in [0, 0.05) is 31.7 Å². The van der Waals surface area contributed by atoms with Gasteiger partial charge in [0.05, 0.1) is 12.3 Å². The first kappa shape index (κ1) is 12.9. The van der Waals surface area contributed by atoms with Gasteiger partial charge in [0.1, 0.15) is 5.84 Å². The topological polar surface area (TPSA) is 62.3 Å². The SMILES string of the molecule is COCC1CCN(c2c(C)cccc2C(=N)N)C1. The summed E-state index contributed by atoms with van der Waals surface area (Å²) in [5.74, 6) is 0.721. The van der Waals surface area contributed by atoms with Crippen molar-refractivity contribution in [1.82, 2.24) is 0 Å². The van der Waals surface area contributed by atoms with Gasteiger partial charge in [-0.3, -0.25) is 5.41 Å². The van der Waals surface area contributed by atoms with Gasteiger partial charge < -0.3 is 15.4 Å². The van der Waals surface area contributed by atoms with Crippen LogP contribution in [0.4, 0.5) is 5.69 Å². The maximum Gasteiger partial charge on any atom is 0.124 e. The van der Waals surface area contributed by atoms with Gasteiger partial charge in [-0.2, -0.15) is 0 Å². The van der Waals surface area contributed by atoms with Crippen LogP contribution in [0.5, 0.6) is 0 Å². The zero-order chi connectivity index (χ0) is 13.1. The third-order valence-corrected chi connectivity index (χ3v) is 3.53. The van der Waals surface area contributed by atoms with Crippen molar-refractivity contribution in [2.75, 3.05) is 31.7 Å². The van der Waals surface area contributed by atoms with Gasteiger partial charge >= 0.3 is 0 Å². The predicted octanol–water partition coefficient (Wildman–Crippen LogP) is 1.75. The summed E-state index contributed by atoms with van der Waals surface area (Å²) in [6, 6.07) is 5.96. The number of hydrogen-bond donors (Lipinski definition) is 2. The molecular weight excluding hydrogens is 226 g/mol. The molecule has 0 spiro atoms. The Kier molecular flexibility index (Phi) is 3.87. The molecule has 1 aliphatic heterocycles. The van der Waals surface area contributed by atoms with Crippen LogP contribution in [0.1, 0.15) is 17.5 Å². The molecule has 4 nitrogen and oxygen atoms in total. The van der Waals surface area contributed by atoms with Crippen molar-refractivity contribution in [3.63, 3.8) is 0 Å². The summed E-state index contributed by atoms with van der Waals surface area (Å²) in [7, 11) is 1.75. The number of nitrogen functional groups attached to an aromatic ring is 1. The number of nitrogens with one attached hydrogen (secondary N) is 1. The molecule has 18 heavy (non-hydrogen) atoms. The Balaban J connectivity index is 2.26. The molecule has 0 aliphatic carbocycles. The fourth-order valence-corrected chi connectivity index (χ4v) is 2.70. The van der Waals surface area contributed by atoms with E-state index in [0.717, 1.165) is 37.4 Å². The standard InChI is InChI=1S/C14H21N3O/c1-10-4-3-5-12(14(15)16)13(10)17-7-6-11(8-17)9-18-2/h3-5,11H,6-9H2,1-2H3,(H3,15,16). The van der Waals surface area contributed by atoms with E-state index in [9.17, 15) is 0 Å². The maximum atomic E-state index is 7.69. The zero-order valence-electron chi connectivity index (χ0n) is 11.1. The highest BCUT2D eigenvalue weighted by atomic mass is 16.5. The number of benzene rings is 1. The van der Waals surface area contributed by atoms with E-state index in [1.165, 1.54) is 5.56 Å². The molecule has 1 aromatic rings. The molecule has 0 bridgehead atoms. The number of nitrogens with two attached hydrogens (primary N) is 1. The summed E-state index contributed by atoms with van der Waals surface area (Å²) >= 11 is 0. The van der Waals surface area contributed by atoms with Crippen LogP contribution in [0.3, 0.4) is 0 Å². The molecule has 1 saturated heterocycles. The quantitative estimate of drug-likeness (QED) is 0.629. The summed E-state index contributed by atoms with van der Waals surface area (Å²) in [6.45, 7) is 4.88. The number of amidine groups is 1. The fourth-order valence-electron chi connectivity index (χ4n) is 2.70. The van der Waals surface area contributed by atoms with Crippen LogP contribution < -0.4 is 10.6 Å². The summed E-state index contributed by atoms with van der Waals surface area (Å²) in [5, 5.41) is 7.69. The number of aryl methyl sites for hydroxylation is 1. The van der Waals surface area contributed by atoms with Gasteiger partial charge in [0.15, 0.2) is 0 Å². The smallest absolute Gasteiger partial charge is 0.124 e. The van der Waals surface area contributed by atoms with Crippen LogP contribution in [-0.4, -0.2) is 32.6 Å². The molecule has 98 valence electrons. The number of anilines is 1. The molecule has 0 aromatic heterocycles. The highest BCUT2D eigenvalue weighted by Gasteiger charge is 2.25. The summed E-state index contributed by atoms with van der Waals surface area (Å²) in [4.78, 5) is 2.33. The average molecular weight is 247 g/mol.